The highest BCUT2D eigenvalue weighted by Crippen LogP contribution is 2.22. The first-order chi connectivity index (χ1) is 7.29. The van der Waals surface area contributed by atoms with Gasteiger partial charge in [-0.2, -0.15) is 0 Å². The van der Waals surface area contributed by atoms with Crippen LogP contribution in [0.4, 0.5) is 0 Å². The Balaban J connectivity index is 2.00. The molecule has 15 heavy (non-hydrogen) atoms. The summed E-state index contributed by atoms with van der Waals surface area (Å²) in [6, 6.07) is 0. The van der Waals surface area contributed by atoms with E-state index in [-0.39, 0.29) is 5.91 Å². The van der Waals surface area contributed by atoms with E-state index in [1.165, 1.54) is 11.3 Å². The minimum atomic E-state index is -0.658. The van der Waals surface area contributed by atoms with E-state index in [1.54, 1.807) is 15.8 Å². The van der Waals surface area contributed by atoms with E-state index in [4.69, 9.17) is 16.3 Å². The summed E-state index contributed by atoms with van der Waals surface area (Å²) in [5, 5.41) is 1.14. The number of halogens is 1. The first kappa shape index (κ1) is 10.9. The maximum Gasteiger partial charge on any atom is 0.246 e. The topological polar surface area (TPSA) is 42.4 Å². The van der Waals surface area contributed by atoms with E-state index in [0.29, 0.717) is 32.0 Å². The number of ether oxygens (including phenoxy) is 1. The molecule has 1 aromatic heterocycles. The molecule has 0 aromatic carbocycles. The van der Waals surface area contributed by atoms with Gasteiger partial charge >= 0.3 is 0 Å². The lowest BCUT2D eigenvalue weighted by molar-refractivity contribution is -0.135. The van der Waals surface area contributed by atoms with Crippen LogP contribution in [0.25, 0.3) is 0 Å². The molecule has 0 radical (unpaired) electrons. The van der Waals surface area contributed by atoms with Crippen LogP contribution in [0.3, 0.4) is 0 Å². The summed E-state index contributed by atoms with van der Waals surface area (Å²) >= 11 is 7.48. The van der Waals surface area contributed by atoms with E-state index in [2.05, 4.69) is 4.98 Å². The Morgan fingerprint density at radius 3 is 2.93 bits per heavy atom. The molecule has 0 spiro atoms. The standard InChI is InChI=1S/C9H11ClN2O2S/c10-8(7-5-15-6-11-7)9(13)12-1-3-14-4-2-12/h5-6,8H,1-4H2. The molecule has 2 heterocycles. The zero-order valence-electron chi connectivity index (χ0n) is 8.06. The molecule has 1 amide bonds. The third-order valence-corrected chi connectivity index (χ3v) is 3.27. The molecular weight excluding hydrogens is 236 g/mol. The second-order valence-electron chi connectivity index (χ2n) is 3.21. The van der Waals surface area contributed by atoms with Crippen molar-refractivity contribution < 1.29 is 9.53 Å². The van der Waals surface area contributed by atoms with E-state index in [1.807, 2.05) is 0 Å². The summed E-state index contributed by atoms with van der Waals surface area (Å²) in [4.78, 5) is 17.7. The number of thiazole rings is 1. The Kier molecular flexibility index (Phi) is 3.56. The lowest BCUT2D eigenvalue weighted by atomic mass is 10.2. The number of hydrogen-bond acceptors (Lipinski definition) is 4. The van der Waals surface area contributed by atoms with Gasteiger partial charge in [-0.05, 0) is 0 Å². The SMILES string of the molecule is O=C(C(Cl)c1cscn1)N1CCOCC1. The lowest BCUT2D eigenvalue weighted by Crippen LogP contribution is -2.42. The van der Waals surface area contributed by atoms with Crippen molar-refractivity contribution in [1.29, 1.82) is 0 Å². The number of carbonyl (C=O) groups is 1. The highest BCUT2D eigenvalue weighted by molar-refractivity contribution is 7.07. The van der Waals surface area contributed by atoms with Gasteiger partial charge in [-0.15, -0.1) is 22.9 Å². The fraction of sp³-hybridized carbons (Fsp3) is 0.556. The van der Waals surface area contributed by atoms with Crippen LogP contribution in [-0.4, -0.2) is 42.1 Å². The maximum absolute atomic E-state index is 11.9. The third kappa shape index (κ3) is 2.48. The summed E-state index contributed by atoms with van der Waals surface area (Å²) in [6.07, 6.45) is 0. The fourth-order valence-corrected chi connectivity index (χ4v) is 2.33. The minimum absolute atomic E-state index is 0.0779. The highest BCUT2D eigenvalue weighted by Gasteiger charge is 2.26. The van der Waals surface area contributed by atoms with E-state index >= 15 is 0 Å². The smallest absolute Gasteiger partial charge is 0.246 e. The Morgan fingerprint density at radius 2 is 2.33 bits per heavy atom. The summed E-state index contributed by atoms with van der Waals surface area (Å²) in [6.45, 7) is 2.41. The highest BCUT2D eigenvalue weighted by atomic mass is 35.5. The van der Waals surface area contributed by atoms with E-state index < -0.39 is 5.38 Å². The second-order valence-corrected chi connectivity index (χ2v) is 4.37. The summed E-state index contributed by atoms with van der Waals surface area (Å²) in [5.74, 6) is -0.0779. The van der Waals surface area contributed by atoms with Crippen LogP contribution in [0, 0.1) is 0 Å². The van der Waals surface area contributed by atoms with Gasteiger partial charge in [0.05, 0.1) is 24.4 Å². The number of rotatable bonds is 2. The monoisotopic (exact) mass is 246 g/mol. The van der Waals surface area contributed by atoms with Crippen molar-refractivity contribution in [1.82, 2.24) is 9.88 Å². The molecule has 1 aromatic rings. The van der Waals surface area contributed by atoms with Gasteiger partial charge in [0.1, 0.15) is 0 Å². The molecule has 2 rings (SSSR count). The Morgan fingerprint density at radius 1 is 1.60 bits per heavy atom. The number of amides is 1. The molecule has 82 valence electrons. The van der Waals surface area contributed by atoms with Crippen molar-refractivity contribution in [3.63, 3.8) is 0 Å². The zero-order chi connectivity index (χ0) is 10.7. The van der Waals surface area contributed by atoms with Gasteiger partial charge < -0.3 is 9.64 Å². The van der Waals surface area contributed by atoms with Crippen LogP contribution in [0.2, 0.25) is 0 Å². The van der Waals surface area contributed by atoms with Gasteiger partial charge in [0.25, 0.3) is 0 Å². The molecular formula is C9H11ClN2O2S. The number of carbonyl (C=O) groups excluding carboxylic acids is 1. The van der Waals surface area contributed by atoms with Crippen LogP contribution in [0.1, 0.15) is 11.1 Å². The zero-order valence-corrected chi connectivity index (χ0v) is 9.63. The third-order valence-electron chi connectivity index (χ3n) is 2.25. The molecule has 1 aliphatic heterocycles. The van der Waals surface area contributed by atoms with Crippen molar-refractivity contribution in [2.45, 2.75) is 5.38 Å². The molecule has 1 unspecified atom stereocenters. The molecule has 1 aliphatic rings. The molecule has 0 saturated carbocycles. The number of nitrogens with zero attached hydrogens (tertiary/aromatic N) is 2. The van der Waals surface area contributed by atoms with Crippen molar-refractivity contribution >= 4 is 28.8 Å². The Bertz CT molecular complexity index is 325. The second kappa shape index (κ2) is 4.92. The van der Waals surface area contributed by atoms with E-state index in [0.717, 1.165) is 0 Å². The minimum Gasteiger partial charge on any atom is -0.378 e. The van der Waals surface area contributed by atoms with E-state index in [9.17, 15) is 4.79 Å². The number of aromatic nitrogens is 1. The van der Waals surface area contributed by atoms with Crippen LogP contribution >= 0.6 is 22.9 Å². The van der Waals surface area contributed by atoms with Crippen molar-refractivity contribution in [3.05, 3.63) is 16.6 Å². The molecule has 1 saturated heterocycles. The van der Waals surface area contributed by atoms with Crippen molar-refractivity contribution in [3.8, 4) is 0 Å². The van der Waals surface area contributed by atoms with Gasteiger partial charge in [0.15, 0.2) is 5.38 Å². The predicted molar refractivity (Wildman–Crippen MR) is 58.1 cm³/mol. The number of alkyl halides is 1. The first-order valence-corrected chi connectivity index (χ1v) is 6.05. The van der Waals surface area contributed by atoms with Gasteiger partial charge in [-0.1, -0.05) is 0 Å². The predicted octanol–water partition coefficient (Wildman–Crippen LogP) is 1.28. The Hall–Kier alpha value is -0.650. The normalized spacial score (nSPS) is 18.9. The Labute approximate surface area is 96.8 Å². The first-order valence-electron chi connectivity index (χ1n) is 4.67. The van der Waals surface area contributed by atoms with Crippen LogP contribution in [0.5, 0.6) is 0 Å². The summed E-state index contributed by atoms with van der Waals surface area (Å²) in [7, 11) is 0. The molecule has 0 aliphatic carbocycles. The van der Waals surface area contributed by atoms with Crippen molar-refractivity contribution in [2.75, 3.05) is 26.3 Å². The molecule has 0 bridgehead atoms. The average molecular weight is 247 g/mol. The largest absolute Gasteiger partial charge is 0.378 e. The van der Waals surface area contributed by atoms with Gasteiger partial charge in [0.2, 0.25) is 5.91 Å². The van der Waals surface area contributed by atoms with Gasteiger partial charge in [-0.3, -0.25) is 4.79 Å². The molecule has 0 N–H and O–H groups in total. The van der Waals surface area contributed by atoms with Crippen LogP contribution in [0.15, 0.2) is 10.9 Å². The molecule has 1 fully saturated rings. The van der Waals surface area contributed by atoms with Crippen molar-refractivity contribution in [2.24, 2.45) is 0 Å². The summed E-state index contributed by atoms with van der Waals surface area (Å²) in [5.41, 5.74) is 2.32. The van der Waals surface area contributed by atoms with Crippen LogP contribution < -0.4 is 0 Å². The summed E-state index contributed by atoms with van der Waals surface area (Å²) < 4.78 is 5.17. The number of morpholine rings is 1. The molecule has 1 atom stereocenters. The van der Waals surface area contributed by atoms with Gasteiger partial charge in [-0.25, -0.2) is 4.98 Å². The molecule has 4 nitrogen and oxygen atoms in total. The van der Waals surface area contributed by atoms with Crippen LogP contribution in [-0.2, 0) is 9.53 Å². The maximum atomic E-state index is 11.9. The quantitative estimate of drug-likeness (QED) is 0.739. The fourth-order valence-electron chi connectivity index (χ4n) is 1.42. The molecule has 6 heteroatoms. The van der Waals surface area contributed by atoms with Gasteiger partial charge in [0, 0.05) is 18.5 Å². The average Bonchev–Trinajstić information content (AvgIpc) is 2.82. The number of hydrogen-bond donors (Lipinski definition) is 0. The lowest BCUT2D eigenvalue weighted by Gasteiger charge is -2.28.